The minimum Gasteiger partial charge on any atom is -0.369 e. The van der Waals surface area contributed by atoms with Gasteiger partial charge in [0.2, 0.25) is 0 Å². The number of aromatic nitrogens is 2. The van der Waals surface area contributed by atoms with Crippen molar-refractivity contribution in [2.45, 2.75) is 65.8 Å². The molecular formula is C17H32N4. The largest absolute Gasteiger partial charge is 0.369 e. The zero-order chi connectivity index (χ0) is 15.7. The van der Waals surface area contributed by atoms with Gasteiger partial charge in [-0.25, -0.2) is 9.97 Å². The molecule has 120 valence electrons. The Balaban J connectivity index is 3.02. The fourth-order valence-corrected chi connectivity index (χ4v) is 2.32. The van der Waals surface area contributed by atoms with Gasteiger partial charge in [0.25, 0.3) is 0 Å². The van der Waals surface area contributed by atoms with Crippen LogP contribution in [0.2, 0.25) is 0 Å². The molecule has 0 saturated carbocycles. The molecule has 1 heterocycles. The summed E-state index contributed by atoms with van der Waals surface area (Å²) in [6, 6.07) is 0. The molecule has 0 bridgehead atoms. The number of nitrogens with one attached hydrogen (secondary N) is 1. The molecular weight excluding hydrogens is 260 g/mol. The topological polar surface area (TPSA) is 41.1 Å². The zero-order valence-corrected chi connectivity index (χ0v) is 14.4. The van der Waals surface area contributed by atoms with Crippen molar-refractivity contribution in [3.8, 4) is 0 Å². The van der Waals surface area contributed by atoms with E-state index in [-0.39, 0.29) is 0 Å². The highest BCUT2D eigenvalue weighted by Gasteiger charge is 2.14. The van der Waals surface area contributed by atoms with Crippen LogP contribution < -0.4 is 10.2 Å². The van der Waals surface area contributed by atoms with E-state index in [0.29, 0.717) is 5.92 Å². The summed E-state index contributed by atoms with van der Waals surface area (Å²) in [6.45, 7) is 11.8. The molecule has 0 unspecified atom stereocenters. The molecule has 0 radical (unpaired) electrons. The second-order valence-corrected chi connectivity index (χ2v) is 5.94. The van der Waals surface area contributed by atoms with Gasteiger partial charge in [0.1, 0.15) is 5.82 Å². The molecule has 0 spiro atoms. The molecule has 0 fully saturated rings. The maximum absolute atomic E-state index is 4.78. The second-order valence-electron chi connectivity index (χ2n) is 5.94. The van der Waals surface area contributed by atoms with Crippen LogP contribution in [0.3, 0.4) is 0 Å². The maximum Gasteiger partial charge on any atom is 0.131 e. The van der Waals surface area contributed by atoms with Gasteiger partial charge in [0.05, 0.1) is 17.6 Å². The van der Waals surface area contributed by atoms with Crippen molar-refractivity contribution >= 4 is 5.69 Å². The fraction of sp³-hybridized carbons (Fsp3) is 0.765. The number of nitrogens with zero attached hydrogens (tertiary/aromatic N) is 3. The minimum atomic E-state index is 0.370. The Bertz CT molecular complexity index is 396. The first-order chi connectivity index (χ1) is 10.1. The monoisotopic (exact) mass is 292 g/mol. The minimum absolute atomic E-state index is 0.370. The summed E-state index contributed by atoms with van der Waals surface area (Å²) in [5.74, 6) is 1.31. The van der Waals surface area contributed by atoms with Gasteiger partial charge in [-0.3, -0.25) is 0 Å². The summed E-state index contributed by atoms with van der Waals surface area (Å²) in [6.07, 6.45) is 6.90. The average Bonchev–Trinajstić information content (AvgIpc) is 2.48. The normalized spacial score (nSPS) is 11.1. The lowest BCUT2D eigenvalue weighted by atomic mass is 10.2. The van der Waals surface area contributed by atoms with E-state index in [1.165, 1.54) is 31.4 Å². The molecule has 0 aliphatic carbocycles. The molecule has 1 aromatic rings. The van der Waals surface area contributed by atoms with Crippen molar-refractivity contribution in [2.75, 3.05) is 25.0 Å². The van der Waals surface area contributed by atoms with E-state index in [4.69, 9.17) is 4.98 Å². The van der Waals surface area contributed by atoms with Gasteiger partial charge >= 0.3 is 0 Å². The lowest BCUT2D eigenvalue weighted by molar-refractivity contribution is 0.660. The molecule has 21 heavy (non-hydrogen) atoms. The van der Waals surface area contributed by atoms with E-state index in [1.54, 1.807) is 0 Å². The zero-order valence-electron chi connectivity index (χ0n) is 14.4. The third-order valence-electron chi connectivity index (χ3n) is 3.63. The first-order valence-electron chi connectivity index (χ1n) is 8.39. The van der Waals surface area contributed by atoms with Crippen LogP contribution in [0.4, 0.5) is 5.69 Å². The highest BCUT2D eigenvalue weighted by Crippen LogP contribution is 2.21. The highest BCUT2D eigenvalue weighted by atomic mass is 15.2. The second kappa shape index (κ2) is 9.72. The number of hydrogen-bond acceptors (Lipinski definition) is 4. The Labute approximate surface area is 130 Å². The lowest BCUT2D eigenvalue weighted by Gasteiger charge is -2.26. The van der Waals surface area contributed by atoms with Gasteiger partial charge in [0, 0.05) is 25.6 Å². The van der Waals surface area contributed by atoms with Crippen molar-refractivity contribution in [3.05, 3.63) is 17.7 Å². The van der Waals surface area contributed by atoms with E-state index < -0.39 is 0 Å². The summed E-state index contributed by atoms with van der Waals surface area (Å²) in [7, 11) is 1.98. The van der Waals surface area contributed by atoms with E-state index in [2.05, 4.69) is 42.9 Å². The lowest BCUT2D eigenvalue weighted by Crippen LogP contribution is -2.28. The molecule has 4 nitrogen and oxygen atoms in total. The van der Waals surface area contributed by atoms with Gasteiger partial charge < -0.3 is 10.2 Å². The first kappa shape index (κ1) is 17.9. The van der Waals surface area contributed by atoms with Crippen LogP contribution in [0.5, 0.6) is 0 Å². The van der Waals surface area contributed by atoms with Gasteiger partial charge in [-0.15, -0.1) is 0 Å². The third-order valence-corrected chi connectivity index (χ3v) is 3.63. The van der Waals surface area contributed by atoms with Crippen molar-refractivity contribution in [2.24, 2.45) is 0 Å². The summed E-state index contributed by atoms with van der Waals surface area (Å²) in [4.78, 5) is 11.8. The number of hydrogen-bond donors (Lipinski definition) is 1. The standard InChI is InChI=1S/C17H32N4/c1-6-8-10-21(11-9-7-2)16-13-19-17(14(3)4)20-15(16)12-18-5/h13-14,18H,6-12H2,1-5H3. The van der Waals surface area contributed by atoms with E-state index in [9.17, 15) is 0 Å². The van der Waals surface area contributed by atoms with Crippen LogP contribution in [0, 0.1) is 0 Å². The maximum atomic E-state index is 4.78. The van der Waals surface area contributed by atoms with Gasteiger partial charge in [-0.1, -0.05) is 40.5 Å². The molecule has 0 saturated heterocycles. The Kier molecular flexibility index (Phi) is 8.28. The van der Waals surface area contributed by atoms with Crippen LogP contribution in [-0.4, -0.2) is 30.1 Å². The SMILES string of the molecule is CCCCN(CCCC)c1cnc(C(C)C)nc1CNC. The van der Waals surface area contributed by atoms with Gasteiger partial charge in [-0.05, 0) is 19.9 Å². The Morgan fingerprint density at radius 1 is 1.14 bits per heavy atom. The van der Waals surface area contributed by atoms with Crippen molar-refractivity contribution in [1.82, 2.24) is 15.3 Å². The van der Waals surface area contributed by atoms with Crippen molar-refractivity contribution < 1.29 is 0 Å². The molecule has 0 aromatic carbocycles. The summed E-state index contributed by atoms with van der Waals surface area (Å²) < 4.78 is 0. The molecule has 0 amide bonds. The van der Waals surface area contributed by atoms with E-state index in [0.717, 1.165) is 31.2 Å². The molecule has 1 rings (SSSR count). The first-order valence-corrected chi connectivity index (χ1v) is 8.39. The van der Waals surface area contributed by atoms with Crippen molar-refractivity contribution in [1.29, 1.82) is 0 Å². The molecule has 4 heteroatoms. The Hall–Kier alpha value is -1.16. The van der Waals surface area contributed by atoms with Gasteiger partial charge in [-0.2, -0.15) is 0 Å². The van der Waals surface area contributed by atoms with E-state index in [1.807, 2.05) is 13.2 Å². The van der Waals surface area contributed by atoms with Crippen LogP contribution >= 0.6 is 0 Å². The summed E-state index contributed by atoms with van der Waals surface area (Å²) in [5, 5.41) is 3.24. The highest BCUT2D eigenvalue weighted by molar-refractivity contribution is 5.49. The quantitative estimate of drug-likeness (QED) is 0.713. The summed E-state index contributed by atoms with van der Waals surface area (Å²) in [5.41, 5.74) is 2.33. The fourth-order valence-electron chi connectivity index (χ4n) is 2.32. The molecule has 0 aliphatic heterocycles. The molecule has 1 aromatic heterocycles. The predicted octanol–water partition coefficient (Wildman–Crippen LogP) is 3.73. The predicted molar refractivity (Wildman–Crippen MR) is 90.9 cm³/mol. The Morgan fingerprint density at radius 2 is 1.76 bits per heavy atom. The van der Waals surface area contributed by atoms with Gasteiger partial charge in [0.15, 0.2) is 0 Å². The summed E-state index contributed by atoms with van der Waals surface area (Å²) >= 11 is 0. The molecule has 1 N–H and O–H groups in total. The molecule has 0 atom stereocenters. The van der Waals surface area contributed by atoms with Crippen LogP contribution in [0.1, 0.15) is 70.8 Å². The van der Waals surface area contributed by atoms with Crippen LogP contribution in [0.15, 0.2) is 6.20 Å². The average molecular weight is 292 g/mol. The third kappa shape index (κ3) is 5.62. The number of rotatable bonds is 10. The Morgan fingerprint density at radius 3 is 2.24 bits per heavy atom. The number of anilines is 1. The van der Waals surface area contributed by atoms with Crippen LogP contribution in [0.25, 0.3) is 0 Å². The van der Waals surface area contributed by atoms with Crippen molar-refractivity contribution in [3.63, 3.8) is 0 Å². The smallest absolute Gasteiger partial charge is 0.131 e. The molecule has 0 aliphatic rings. The van der Waals surface area contributed by atoms with Crippen LogP contribution in [-0.2, 0) is 6.54 Å². The van der Waals surface area contributed by atoms with E-state index >= 15 is 0 Å². The number of unbranched alkanes of at least 4 members (excludes halogenated alkanes) is 2.